The Morgan fingerprint density at radius 1 is 1.14 bits per heavy atom. The first kappa shape index (κ1) is 19.8. The van der Waals surface area contributed by atoms with Crippen LogP contribution >= 0.6 is 11.6 Å². The van der Waals surface area contributed by atoms with E-state index in [2.05, 4.69) is 5.32 Å². The van der Waals surface area contributed by atoms with Gasteiger partial charge in [0.15, 0.2) is 21.3 Å². The average Bonchev–Trinajstić information content (AvgIpc) is 3.06. The third-order valence-electron chi connectivity index (χ3n) is 4.94. The van der Waals surface area contributed by atoms with Crippen LogP contribution in [0.1, 0.15) is 6.42 Å². The molecule has 154 valence electrons. The highest BCUT2D eigenvalue weighted by atomic mass is 35.5. The van der Waals surface area contributed by atoms with Crippen LogP contribution in [0.15, 0.2) is 42.5 Å². The van der Waals surface area contributed by atoms with Gasteiger partial charge in [0.2, 0.25) is 5.91 Å². The number of carbonyl (C=O) groups excluding carboxylic acids is 1. The highest BCUT2D eigenvalue weighted by Gasteiger charge is 2.35. The van der Waals surface area contributed by atoms with Crippen molar-refractivity contribution in [1.82, 2.24) is 0 Å². The smallest absolute Gasteiger partial charge is 0.246 e. The second-order valence-corrected chi connectivity index (χ2v) is 9.62. The molecule has 1 N–H and O–H groups in total. The van der Waals surface area contributed by atoms with Gasteiger partial charge in [-0.3, -0.25) is 4.79 Å². The molecule has 4 rings (SSSR count). The Kier molecular flexibility index (Phi) is 5.56. The largest absolute Gasteiger partial charge is 0.486 e. The molecule has 0 bridgehead atoms. The molecule has 1 saturated heterocycles. The molecule has 2 aromatic rings. The number of ether oxygens (including phenoxy) is 2. The van der Waals surface area contributed by atoms with Crippen LogP contribution in [0.3, 0.4) is 0 Å². The standard InChI is InChI=1S/C20H21ClN2O5S/c21-16-10-18-19(28-8-7-27-18)11-17(16)22-12-20(24)23(14-4-2-1-3-5-14)15-6-9-29(25,26)13-15/h1-5,10-11,15,22H,6-9,12-13H2. The van der Waals surface area contributed by atoms with Gasteiger partial charge in [0.1, 0.15) is 13.2 Å². The van der Waals surface area contributed by atoms with E-state index in [-0.39, 0.29) is 30.0 Å². The molecule has 0 radical (unpaired) electrons. The lowest BCUT2D eigenvalue weighted by atomic mass is 10.1. The van der Waals surface area contributed by atoms with E-state index in [1.54, 1.807) is 29.2 Å². The molecular formula is C20H21ClN2O5S. The van der Waals surface area contributed by atoms with E-state index in [1.807, 2.05) is 18.2 Å². The van der Waals surface area contributed by atoms with Crippen molar-refractivity contribution in [3.63, 3.8) is 0 Å². The predicted octanol–water partition coefficient (Wildman–Crippen LogP) is 2.74. The summed E-state index contributed by atoms with van der Waals surface area (Å²) in [5.41, 5.74) is 1.23. The second kappa shape index (κ2) is 8.12. The minimum Gasteiger partial charge on any atom is -0.486 e. The molecule has 2 heterocycles. The van der Waals surface area contributed by atoms with Gasteiger partial charge < -0.3 is 19.7 Å². The maximum atomic E-state index is 13.1. The van der Waals surface area contributed by atoms with Gasteiger partial charge in [-0.15, -0.1) is 0 Å². The molecule has 7 nitrogen and oxygen atoms in total. The summed E-state index contributed by atoms with van der Waals surface area (Å²) in [4.78, 5) is 14.7. The molecule has 9 heteroatoms. The van der Waals surface area contributed by atoms with Crippen molar-refractivity contribution >= 4 is 38.7 Å². The number of hydrogen-bond donors (Lipinski definition) is 1. The molecule has 1 unspecified atom stereocenters. The van der Waals surface area contributed by atoms with Gasteiger partial charge in [0.25, 0.3) is 0 Å². The average molecular weight is 437 g/mol. The summed E-state index contributed by atoms with van der Waals surface area (Å²) in [6.45, 7) is 0.876. The summed E-state index contributed by atoms with van der Waals surface area (Å²) in [5.74, 6) is 0.968. The van der Waals surface area contributed by atoms with E-state index >= 15 is 0 Å². The summed E-state index contributed by atoms with van der Waals surface area (Å²) < 4.78 is 35.0. The predicted molar refractivity (Wildman–Crippen MR) is 112 cm³/mol. The Balaban J connectivity index is 1.53. The fourth-order valence-corrected chi connectivity index (χ4v) is 5.50. The molecule has 2 aliphatic heterocycles. The third kappa shape index (κ3) is 4.43. The normalized spacial score (nSPS) is 19.6. The topological polar surface area (TPSA) is 84.9 Å². The van der Waals surface area contributed by atoms with Crippen LogP contribution in [0.5, 0.6) is 11.5 Å². The molecule has 0 aromatic heterocycles. The first-order valence-corrected chi connectivity index (χ1v) is 11.5. The van der Waals surface area contributed by atoms with Crippen molar-refractivity contribution in [3.05, 3.63) is 47.5 Å². The number of anilines is 2. The summed E-state index contributed by atoms with van der Waals surface area (Å²) >= 11 is 6.30. The lowest BCUT2D eigenvalue weighted by molar-refractivity contribution is -0.117. The fourth-order valence-electron chi connectivity index (χ4n) is 3.58. The maximum absolute atomic E-state index is 13.1. The molecule has 2 aromatic carbocycles. The number of halogens is 1. The molecular weight excluding hydrogens is 416 g/mol. The molecule has 0 aliphatic carbocycles. The lowest BCUT2D eigenvalue weighted by Gasteiger charge is -2.29. The minimum atomic E-state index is -3.13. The van der Waals surface area contributed by atoms with Crippen molar-refractivity contribution in [2.75, 3.05) is 41.5 Å². The zero-order chi connectivity index (χ0) is 20.4. The number of benzene rings is 2. The number of carbonyl (C=O) groups is 1. The maximum Gasteiger partial charge on any atom is 0.246 e. The van der Waals surface area contributed by atoms with Crippen LogP contribution in [0.4, 0.5) is 11.4 Å². The van der Waals surface area contributed by atoms with Gasteiger partial charge >= 0.3 is 0 Å². The number of hydrogen-bond acceptors (Lipinski definition) is 6. The Labute approximate surface area is 174 Å². The van der Waals surface area contributed by atoms with Gasteiger partial charge in [-0.1, -0.05) is 29.8 Å². The van der Waals surface area contributed by atoms with Gasteiger partial charge in [-0.2, -0.15) is 0 Å². The fraction of sp³-hybridized carbons (Fsp3) is 0.350. The lowest BCUT2D eigenvalue weighted by Crippen LogP contribution is -2.44. The Bertz CT molecular complexity index is 1010. The quantitative estimate of drug-likeness (QED) is 0.775. The summed E-state index contributed by atoms with van der Waals surface area (Å²) in [5, 5.41) is 3.46. The van der Waals surface area contributed by atoms with Crippen molar-refractivity contribution in [1.29, 1.82) is 0 Å². The highest BCUT2D eigenvalue weighted by molar-refractivity contribution is 7.91. The van der Waals surface area contributed by atoms with Gasteiger partial charge in [0, 0.05) is 17.8 Å². The van der Waals surface area contributed by atoms with E-state index in [0.29, 0.717) is 47.5 Å². The first-order chi connectivity index (χ1) is 13.9. The van der Waals surface area contributed by atoms with Gasteiger partial charge in [-0.05, 0) is 18.6 Å². The van der Waals surface area contributed by atoms with Crippen molar-refractivity contribution < 1.29 is 22.7 Å². The molecule has 1 amide bonds. The molecule has 0 saturated carbocycles. The molecule has 29 heavy (non-hydrogen) atoms. The molecule has 0 spiro atoms. The number of rotatable bonds is 5. The van der Waals surface area contributed by atoms with Crippen LogP contribution < -0.4 is 19.7 Å². The summed E-state index contributed by atoms with van der Waals surface area (Å²) in [6.07, 6.45) is 0.424. The van der Waals surface area contributed by atoms with Gasteiger partial charge in [-0.25, -0.2) is 8.42 Å². The van der Waals surface area contributed by atoms with Crippen LogP contribution in [0.2, 0.25) is 5.02 Å². The number of fused-ring (bicyclic) bond motifs is 1. The van der Waals surface area contributed by atoms with E-state index in [4.69, 9.17) is 21.1 Å². The first-order valence-electron chi connectivity index (χ1n) is 9.33. The van der Waals surface area contributed by atoms with Crippen LogP contribution in [0, 0.1) is 0 Å². The monoisotopic (exact) mass is 436 g/mol. The van der Waals surface area contributed by atoms with Crippen molar-refractivity contribution in [2.45, 2.75) is 12.5 Å². The summed E-state index contributed by atoms with van der Waals surface area (Å²) in [6, 6.07) is 12.1. The number of amides is 1. The van der Waals surface area contributed by atoms with Crippen LogP contribution in [-0.4, -0.2) is 51.6 Å². The Morgan fingerprint density at radius 3 is 2.48 bits per heavy atom. The van der Waals surface area contributed by atoms with E-state index < -0.39 is 9.84 Å². The van der Waals surface area contributed by atoms with E-state index in [0.717, 1.165) is 0 Å². The zero-order valence-electron chi connectivity index (χ0n) is 15.6. The van der Waals surface area contributed by atoms with Crippen molar-refractivity contribution in [2.24, 2.45) is 0 Å². The number of para-hydroxylation sites is 1. The van der Waals surface area contributed by atoms with E-state index in [1.165, 1.54) is 0 Å². The van der Waals surface area contributed by atoms with Crippen LogP contribution in [0.25, 0.3) is 0 Å². The van der Waals surface area contributed by atoms with Crippen molar-refractivity contribution in [3.8, 4) is 11.5 Å². The molecule has 2 aliphatic rings. The van der Waals surface area contributed by atoms with Crippen LogP contribution in [-0.2, 0) is 14.6 Å². The Morgan fingerprint density at radius 2 is 1.83 bits per heavy atom. The van der Waals surface area contributed by atoms with E-state index in [9.17, 15) is 13.2 Å². The number of sulfone groups is 1. The minimum absolute atomic E-state index is 0.0294. The number of nitrogens with zero attached hydrogens (tertiary/aromatic N) is 1. The SMILES string of the molecule is O=C(CNc1cc2c(cc1Cl)OCCO2)N(c1ccccc1)C1CCS(=O)(=O)C1. The Hall–Kier alpha value is -2.45. The highest BCUT2D eigenvalue weighted by Crippen LogP contribution is 2.38. The molecule has 1 fully saturated rings. The van der Waals surface area contributed by atoms with Gasteiger partial charge in [0.05, 0.1) is 34.8 Å². The number of nitrogens with one attached hydrogen (secondary N) is 1. The second-order valence-electron chi connectivity index (χ2n) is 6.99. The third-order valence-corrected chi connectivity index (χ3v) is 7.00. The zero-order valence-corrected chi connectivity index (χ0v) is 17.2. The summed E-state index contributed by atoms with van der Waals surface area (Å²) in [7, 11) is -3.13. The molecule has 1 atom stereocenters.